The van der Waals surface area contributed by atoms with Crippen molar-refractivity contribution in [3.8, 4) is 0 Å². The van der Waals surface area contributed by atoms with Crippen LogP contribution in [0.2, 0.25) is 0 Å². The van der Waals surface area contributed by atoms with Crippen LogP contribution in [0, 0.1) is 17.3 Å². The Bertz CT molecular complexity index is 486. The van der Waals surface area contributed by atoms with Crippen LogP contribution in [0.3, 0.4) is 0 Å². The van der Waals surface area contributed by atoms with Crippen molar-refractivity contribution >= 4 is 0 Å². The summed E-state index contributed by atoms with van der Waals surface area (Å²) >= 11 is 0. The number of methoxy groups -OCH3 is 1. The second-order valence-corrected chi connectivity index (χ2v) is 9.50. The fourth-order valence-electron chi connectivity index (χ4n) is 5.50. The molecule has 2 nitrogen and oxygen atoms in total. The number of hydrogen-bond acceptors (Lipinski definition) is 2. The van der Waals surface area contributed by atoms with Crippen LogP contribution >= 0.6 is 0 Å². The van der Waals surface area contributed by atoms with Gasteiger partial charge in [-0.15, -0.1) is 0 Å². The highest BCUT2D eigenvalue weighted by Gasteiger charge is 2.31. The zero-order valence-corrected chi connectivity index (χ0v) is 16.9. The van der Waals surface area contributed by atoms with E-state index in [1.165, 1.54) is 68.9 Å². The summed E-state index contributed by atoms with van der Waals surface area (Å²) in [6, 6.07) is 0. The molecule has 2 fully saturated rings. The van der Waals surface area contributed by atoms with Crippen LogP contribution in [-0.4, -0.2) is 25.9 Å². The minimum atomic E-state index is 0.288. The lowest BCUT2D eigenvalue weighted by Crippen LogP contribution is -2.30. The van der Waals surface area contributed by atoms with Crippen molar-refractivity contribution in [1.82, 2.24) is 0 Å². The number of hydrogen-bond donors (Lipinski definition) is 0. The van der Waals surface area contributed by atoms with E-state index in [1.54, 1.807) is 0 Å². The zero-order valence-electron chi connectivity index (χ0n) is 16.9. The van der Waals surface area contributed by atoms with Crippen LogP contribution in [0.5, 0.6) is 0 Å². The maximum absolute atomic E-state index is 6.30. The normalized spacial score (nSPS) is 35.8. The first-order valence-electron chi connectivity index (χ1n) is 10.5. The second-order valence-electron chi connectivity index (χ2n) is 9.50. The molecule has 0 bridgehead atoms. The van der Waals surface area contributed by atoms with Gasteiger partial charge in [-0.25, -0.2) is 0 Å². The average molecular weight is 347 g/mol. The minimum Gasteiger partial charge on any atom is -0.381 e. The van der Waals surface area contributed by atoms with E-state index < -0.39 is 0 Å². The highest BCUT2D eigenvalue weighted by Crippen LogP contribution is 2.40. The van der Waals surface area contributed by atoms with Crippen LogP contribution < -0.4 is 0 Å². The Morgan fingerprint density at radius 1 is 0.920 bits per heavy atom. The Hall–Kier alpha value is -0.600. The largest absolute Gasteiger partial charge is 0.381 e. The fraction of sp³-hybridized carbons (Fsp3) is 0.826. The summed E-state index contributed by atoms with van der Waals surface area (Å²) in [7, 11) is 1.87. The van der Waals surface area contributed by atoms with Gasteiger partial charge in [-0.2, -0.15) is 0 Å². The molecule has 0 aromatic heterocycles. The molecule has 3 aliphatic rings. The van der Waals surface area contributed by atoms with Gasteiger partial charge in [0, 0.05) is 7.11 Å². The third-order valence-corrected chi connectivity index (χ3v) is 6.67. The van der Waals surface area contributed by atoms with Crippen LogP contribution in [0.15, 0.2) is 23.3 Å². The van der Waals surface area contributed by atoms with Crippen LogP contribution in [0.1, 0.15) is 78.6 Å². The molecular weight excluding hydrogens is 308 g/mol. The number of rotatable bonds is 5. The van der Waals surface area contributed by atoms with Crippen molar-refractivity contribution in [3.05, 3.63) is 23.3 Å². The molecule has 2 heteroatoms. The number of ether oxygens (including phenoxy) is 2. The quantitative estimate of drug-likeness (QED) is 0.601. The van der Waals surface area contributed by atoms with Gasteiger partial charge in [0.1, 0.15) is 0 Å². The van der Waals surface area contributed by atoms with Crippen molar-refractivity contribution in [2.45, 2.75) is 90.8 Å². The molecule has 3 aliphatic carbocycles. The standard InChI is InChI=1S/C23H38O2/c1-17-13-18(15-23(2,3)14-17)16-25-22-11-7-20(8-12-22)19-5-9-21(24-4)10-6-19/h13,15,19-22H,5-12,14,16H2,1-4H3. The highest BCUT2D eigenvalue weighted by molar-refractivity contribution is 5.31. The van der Waals surface area contributed by atoms with E-state index in [0.717, 1.165) is 18.4 Å². The predicted molar refractivity (Wildman–Crippen MR) is 105 cm³/mol. The van der Waals surface area contributed by atoms with Gasteiger partial charge in [-0.3, -0.25) is 0 Å². The molecule has 25 heavy (non-hydrogen) atoms. The Morgan fingerprint density at radius 2 is 1.48 bits per heavy atom. The van der Waals surface area contributed by atoms with E-state index in [1.807, 2.05) is 7.11 Å². The van der Waals surface area contributed by atoms with Gasteiger partial charge in [0.25, 0.3) is 0 Å². The first kappa shape index (κ1) is 19.2. The summed E-state index contributed by atoms with van der Waals surface area (Å²) in [6.45, 7) is 7.70. The molecule has 0 saturated heterocycles. The Balaban J connectivity index is 1.40. The van der Waals surface area contributed by atoms with Gasteiger partial charge >= 0.3 is 0 Å². The zero-order chi connectivity index (χ0) is 17.9. The molecule has 0 atom stereocenters. The molecule has 0 N–H and O–H groups in total. The van der Waals surface area contributed by atoms with Crippen LogP contribution in [0.4, 0.5) is 0 Å². The lowest BCUT2D eigenvalue weighted by molar-refractivity contribution is 0.00705. The van der Waals surface area contributed by atoms with Gasteiger partial charge in [0.05, 0.1) is 18.8 Å². The number of allylic oxidation sites excluding steroid dienone is 2. The average Bonchev–Trinajstić information content (AvgIpc) is 2.59. The Kier molecular flexibility index (Phi) is 6.44. The Morgan fingerprint density at radius 3 is 2.00 bits per heavy atom. The molecule has 142 valence electrons. The molecule has 2 saturated carbocycles. The third kappa shape index (κ3) is 5.44. The lowest BCUT2D eigenvalue weighted by atomic mass is 9.72. The summed E-state index contributed by atoms with van der Waals surface area (Å²) in [5.41, 5.74) is 3.16. The maximum atomic E-state index is 6.30. The van der Waals surface area contributed by atoms with E-state index >= 15 is 0 Å². The first-order chi connectivity index (χ1) is 11.9. The van der Waals surface area contributed by atoms with Crippen molar-refractivity contribution in [2.24, 2.45) is 17.3 Å². The van der Waals surface area contributed by atoms with E-state index in [2.05, 4.69) is 32.9 Å². The van der Waals surface area contributed by atoms with Crippen molar-refractivity contribution in [2.75, 3.05) is 13.7 Å². The topological polar surface area (TPSA) is 18.5 Å². The molecule has 0 aromatic rings. The smallest absolute Gasteiger partial charge is 0.0717 e. The van der Waals surface area contributed by atoms with Crippen LogP contribution in [0.25, 0.3) is 0 Å². The fourth-order valence-corrected chi connectivity index (χ4v) is 5.50. The lowest BCUT2D eigenvalue weighted by Gasteiger charge is -2.37. The van der Waals surface area contributed by atoms with Gasteiger partial charge in [-0.1, -0.05) is 31.6 Å². The third-order valence-electron chi connectivity index (χ3n) is 6.67. The van der Waals surface area contributed by atoms with Gasteiger partial charge < -0.3 is 9.47 Å². The minimum absolute atomic E-state index is 0.288. The molecule has 0 unspecified atom stereocenters. The van der Waals surface area contributed by atoms with Gasteiger partial charge in [-0.05, 0) is 87.5 Å². The predicted octanol–water partition coefficient (Wildman–Crippen LogP) is 6.07. The first-order valence-corrected chi connectivity index (χ1v) is 10.5. The molecule has 0 aromatic carbocycles. The summed E-state index contributed by atoms with van der Waals surface area (Å²) in [5.74, 6) is 1.88. The summed E-state index contributed by atoms with van der Waals surface area (Å²) in [5, 5.41) is 0. The van der Waals surface area contributed by atoms with Crippen molar-refractivity contribution in [3.63, 3.8) is 0 Å². The van der Waals surface area contributed by atoms with E-state index in [9.17, 15) is 0 Å². The second kappa shape index (κ2) is 8.39. The molecule has 0 aliphatic heterocycles. The SMILES string of the molecule is COC1CCC(C2CCC(OCC3=CC(C)(C)CC(C)=C3)CC2)CC1. The van der Waals surface area contributed by atoms with Crippen molar-refractivity contribution in [1.29, 1.82) is 0 Å². The van der Waals surface area contributed by atoms with E-state index in [-0.39, 0.29) is 5.41 Å². The Labute approximate surface area is 155 Å². The summed E-state index contributed by atoms with van der Waals surface area (Å²) < 4.78 is 11.8. The van der Waals surface area contributed by atoms with Gasteiger partial charge in [0.2, 0.25) is 0 Å². The molecule has 3 rings (SSSR count). The monoisotopic (exact) mass is 346 g/mol. The maximum Gasteiger partial charge on any atom is 0.0717 e. The van der Waals surface area contributed by atoms with Crippen molar-refractivity contribution < 1.29 is 9.47 Å². The molecule has 0 radical (unpaired) electrons. The molecular formula is C23H38O2. The molecule has 0 heterocycles. The van der Waals surface area contributed by atoms with E-state index in [0.29, 0.717) is 12.2 Å². The summed E-state index contributed by atoms with van der Waals surface area (Å²) in [4.78, 5) is 0. The molecule has 0 spiro atoms. The van der Waals surface area contributed by atoms with E-state index in [4.69, 9.17) is 9.47 Å². The molecule has 0 amide bonds. The van der Waals surface area contributed by atoms with Gasteiger partial charge in [0.15, 0.2) is 0 Å². The van der Waals surface area contributed by atoms with Crippen LogP contribution in [-0.2, 0) is 9.47 Å². The highest BCUT2D eigenvalue weighted by atomic mass is 16.5. The summed E-state index contributed by atoms with van der Waals surface area (Å²) in [6.07, 6.45) is 17.5.